The van der Waals surface area contributed by atoms with E-state index < -0.39 is 21.5 Å². The number of aromatic nitrogens is 1. The molecule has 0 bridgehead atoms. The van der Waals surface area contributed by atoms with Gasteiger partial charge in [0.1, 0.15) is 0 Å². The van der Waals surface area contributed by atoms with Gasteiger partial charge in [-0.25, -0.2) is 18.1 Å². The summed E-state index contributed by atoms with van der Waals surface area (Å²) in [5.74, 6) is -0.841. The maximum atomic E-state index is 12.4. The molecule has 3 rings (SSSR count). The van der Waals surface area contributed by atoms with E-state index in [9.17, 15) is 18.0 Å². The van der Waals surface area contributed by atoms with Crippen LogP contribution in [-0.2, 0) is 21.4 Å². The van der Waals surface area contributed by atoms with Crippen molar-refractivity contribution in [2.75, 3.05) is 5.32 Å². The average Bonchev–Trinajstić information content (AvgIpc) is 3.38. The second-order valence-electron chi connectivity index (χ2n) is 7.64. The highest BCUT2D eigenvalue weighted by atomic mass is 32.2. The number of nitrogens with zero attached hydrogens (tertiary/aromatic N) is 1. The molecule has 0 aliphatic carbocycles. The third-order valence-electron chi connectivity index (χ3n) is 3.66. The number of sulfonamides is 1. The molecule has 3 heterocycles. The number of thiophene rings is 1. The predicted octanol–water partition coefficient (Wildman–Crippen LogP) is 3.43. The highest BCUT2D eigenvalue weighted by molar-refractivity contribution is 7.89. The van der Waals surface area contributed by atoms with Crippen LogP contribution in [0.3, 0.4) is 0 Å². The molecule has 0 aliphatic heterocycles. The first-order chi connectivity index (χ1) is 14.4. The number of thiazole rings is 1. The summed E-state index contributed by atoms with van der Waals surface area (Å²) < 4.78 is 32.4. The molecule has 12 heteroatoms. The molecule has 0 aliphatic rings. The Hall–Kier alpha value is -2.54. The number of furan rings is 1. The van der Waals surface area contributed by atoms with Gasteiger partial charge in [-0.2, -0.15) is 0 Å². The zero-order chi connectivity index (χ0) is 22.8. The summed E-state index contributed by atoms with van der Waals surface area (Å²) >= 11 is 2.73. The second kappa shape index (κ2) is 8.91. The van der Waals surface area contributed by atoms with E-state index in [1.165, 1.54) is 41.7 Å². The average molecular weight is 483 g/mol. The van der Waals surface area contributed by atoms with Gasteiger partial charge in [0.05, 0.1) is 17.1 Å². The molecule has 0 aromatic carbocycles. The van der Waals surface area contributed by atoms with Crippen LogP contribution in [0.4, 0.5) is 5.13 Å². The molecular formula is C19H22N4O5S3. The van der Waals surface area contributed by atoms with E-state index in [4.69, 9.17) is 4.42 Å². The molecule has 3 aromatic heterocycles. The van der Waals surface area contributed by atoms with E-state index in [0.717, 1.165) is 9.75 Å². The quantitative estimate of drug-likeness (QED) is 0.473. The Morgan fingerprint density at radius 1 is 1.16 bits per heavy atom. The molecule has 3 aromatic rings. The Kier molecular flexibility index (Phi) is 6.65. The Morgan fingerprint density at radius 2 is 1.90 bits per heavy atom. The number of hydrogen-bond acceptors (Lipinski definition) is 8. The van der Waals surface area contributed by atoms with Gasteiger partial charge in [-0.3, -0.25) is 14.9 Å². The molecule has 2 amide bonds. The molecule has 166 valence electrons. The van der Waals surface area contributed by atoms with Gasteiger partial charge in [-0.1, -0.05) is 0 Å². The van der Waals surface area contributed by atoms with Crippen molar-refractivity contribution < 1.29 is 22.4 Å². The highest BCUT2D eigenvalue weighted by Gasteiger charge is 2.26. The van der Waals surface area contributed by atoms with Gasteiger partial charge >= 0.3 is 0 Å². The van der Waals surface area contributed by atoms with Crippen molar-refractivity contribution in [1.82, 2.24) is 15.0 Å². The first-order valence-electron chi connectivity index (χ1n) is 9.17. The maximum Gasteiger partial charge on any atom is 0.293 e. The SMILES string of the molecule is CC(=O)NCc1ccc(-c2csc(NC(=O)c3ccc(S(=O)(=O)NC(C)(C)C)o3)n2)s1. The van der Waals surface area contributed by atoms with Crippen molar-refractivity contribution in [1.29, 1.82) is 0 Å². The monoisotopic (exact) mass is 482 g/mol. The van der Waals surface area contributed by atoms with Crippen LogP contribution < -0.4 is 15.4 Å². The third kappa shape index (κ3) is 6.23. The first-order valence-corrected chi connectivity index (χ1v) is 12.3. The molecule has 0 saturated carbocycles. The molecule has 0 spiro atoms. The van der Waals surface area contributed by atoms with E-state index in [0.29, 0.717) is 17.4 Å². The fourth-order valence-corrected chi connectivity index (χ4v) is 5.51. The Labute approximate surface area is 187 Å². The van der Waals surface area contributed by atoms with Crippen LogP contribution in [0.15, 0.2) is 39.2 Å². The summed E-state index contributed by atoms with van der Waals surface area (Å²) in [6, 6.07) is 6.34. The maximum absolute atomic E-state index is 12.4. The van der Waals surface area contributed by atoms with Crippen LogP contribution in [-0.4, -0.2) is 30.8 Å². The van der Waals surface area contributed by atoms with Gasteiger partial charge in [0.2, 0.25) is 11.0 Å². The van der Waals surface area contributed by atoms with Crippen LogP contribution in [0.1, 0.15) is 43.1 Å². The van der Waals surface area contributed by atoms with Crippen molar-refractivity contribution in [2.45, 2.75) is 44.9 Å². The molecule has 0 radical (unpaired) electrons. The number of anilines is 1. The lowest BCUT2D eigenvalue weighted by Gasteiger charge is -2.18. The fourth-order valence-electron chi connectivity index (χ4n) is 2.47. The highest BCUT2D eigenvalue weighted by Crippen LogP contribution is 2.31. The van der Waals surface area contributed by atoms with Gasteiger partial charge in [-0.05, 0) is 45.0 Å². The summed E-state index contributed by atoms with van der Waals surface area (Å²) in [6.07, 6.45) is 0. The molecule has 0 fully saturated rings. The molecule has 0 saturated heterocycles. The second-order valence-corrected chi connectivity index (χ2v) is 11.3. The van der Waals surface area contributed by atoms with Crippen molar-refractivity contribution in [3.63, 3.8) is 0 Å². The number of rotatable bonds is 7. The topological polar surface area (TPSA) is 130 Å². The number of carbonyl (C=O) groups excluding carboxylic acids is 2. The van der Waals surface area contributed by atoms with Gasteiger partial charge in [0.25, 0.3) is 15.9 Å². The Morgan fingerprint density at radius 3 is 2.58 bits per heavy atom. The van der Waals surface area contributed by atoms with Gasteiger partial charge in [-0.15, -0.1) is 22.7 Å². The van der Waals surface area contributed by atoms with Crippen molar-refractivity contribution in [2.24, 2.45) is 0 Å². The molecule has 31 heavy (non-hydrogen) atoms. The lowest BCUT2D eigenvalue weighted by molar-refractivity contribution is -0.119. The van der Waals surface area contributed by atoms with E-state index in [-0.39, 0.29) is 16.8 Å². The Balaban J connectivity index is 1.67. The van der Waals surface area contributed by atoms with Crippen molar-refractivity contribution in [3.05, 3.63) is 40.3 Å². The number of hydrogen-bond donors (Lipinski definition) is 3. The van der Waals surface area contributed by atoms with Crippen molar-refractivity contribution in [3.8, 4) is 10.6 Å². The zero-order valence-corrected chi connectivity index (χ0v) is 19.8. The summed E-state index contributed by atoms with van der Waals surface area (Å²) in [6.45, 7) is 7.02. The summed E-state index contributed by atoms with van der Waals surface area (Å²) in [5.41, 5.74) is 0.00578. The standard InChI is InChI=1S/C19H22N4O5S3/c1-11(24)20-9-12-5-7-15(30-12)13-10-29-18(21-13)22-17(25)14-6-8-16(28-14)31(26,27)23-19(2,3)4/h5-8,10,23H,9H2,1-4H3,(H,20,24)(H,21,22,25). The van der Waals surface area contributed by atoms with Crippen LogP contribution in [0.25, 0.3) is 10.6 Å². The summed E-state index contributed by atoms with van der Waals surface area (Å²) in [7, 11) is -3.88. The summed E-state index contributed by atoms with van der Waals surface area (Å²) in [4.78, 5) is 29.8. The van der Waals surface area contributed by atoms with Crippen LogP contribution in [0.5, 0.6) is 0 Å². The number of amides is 2. The minimum absolute atomic E-state index is 0.100. The van der Waals surface area contributed by atoms with E-state index in [2.05, 4.69) is 20.3 Å². The van der Waals surface area contributed by atoms with Gasteiger partial charge in [0.15, 0.2) is 10.9 Å². The number of nitrogens with one attached hydrogen (secondary N) is 3. The van der Waals surface area contributed by atoms with E-state index in [1.54, 1.807) is 26.2 Å². The number of carbonyl (C=O) groups is 2. The third-order valence-corrected chi connectivity index (χ3v) is 7.16. The van der Waals surface area contributed by atoms with Crippen LogP contribution in [0.2, 0.25) is 0 Å². The fraction of sp³-hybridized carbons (Fsp3) is 0.316. The molecular weight excluding hydrogens is 460 g/mol. The van der Waals surface area contributed by atoms with E-state index >= 15 is 0 Å². The lowest BCUT2D eigenvalue weighted by atomic mass is 10.1. The minimum atomic E-state index is -3.88. The largest absolute Gasteiger partial charge is 0.438 e. The van der Waals surface area contributed by atoms with Gasteiger partial charge in [0, 0.05) is 22.7 Å². The predicted molar refractivity (Wildman–Crippen MR) is 120 cm³/mol. The normalized spacial score (nSPS) is 12.0. The van der Waals surface area contributed by atoms with E-state index in [1.807, 2.05) is 12.1 Å². The zero-order valence-electron chi connectivity index (χ0n) is 17.3. The van der Waals surface area contributed by atoms with Crippen molar-refractivity contribution >= 4 is 49.6 Å². The van der Waals surface area contributed by atoms with Crippen LogP contribution in [0, 0.1) is 0 Å². The lowest BCUT2D eigenvalue weighted by Crippen LogP contribution is -2.40. The van der Waals surface area contributed by atoms with Gasteiger partial charge < -0.3 is 9.73 Å². The smallest absolute Gasteiger partial charge is 0.293 e. The molecule has 0 atom stereocenters. The summed E-state index contributed by atoms with van der Waals surface area (Å²) in [5, 5.41) is 7.17. The Bertz CT molecular complexity index is 1200. The molecule has 3 N–H and O–H groups in total. The molecule has 9 nitrogen and oxygen atoms in total. The first kappa shape index (κ1) is 23.1. The minimum Gasteiger partial charge on any atom is -0.438 e. The molecule has 0 unspecified atom stereocenters. The van der Waals surface area contributed by atoms with Crippen LogP contribution >= 0.6 is 22.7 Å².